The van der Waals surface area contributed by atoms with Crippen molar-refractivity contribution in [2.24, 2.45) is 0 Å². The molecule has 0 amide bonds. The van der Waals surface area contributed by atoms with E-state index in [0.29, 0.717) is 0 Å². The maximum atomic E-state index is 12.9. The number of benzene rings is 1. The molecule has 0 saturated heterocycles. The number of hydrogen-bond acceptors (Lipinski definition) is 0. The largest absolute Gasteiger partial charge is 0.207 e. The average Bonchev–Trinajstić information content (AvgIpc) is 2.27. The zero-order valence-corrected chi connectivity index (χ0v) is 10.7. The van der Waals surface area contributed by atoms with Gasteiger partial charge in [-0.15, -0.1) is 0 Å². The first-order valence-corrected chi connectivity index (χ1v) is 6.38. The maximum Gasteiger partial charge on any atom is 0.123 e. The Balaban J connectivity index is 2.86. The molecule has 1 aromatic rings. The van der Waals surface area contributed by atoms with Gasteiger partial charge in [-0.3, -0.25) is 0 Å². The SMILES string of the molecule is CCCCC(C)(CCC)c1ccc(F)cc1. The molecule has 90 valence electrons. The smallest absolute Gasteiger partial charge is 0.123 e. The lowest BCUT2D eigenvalue weighted by molar-refractivity contribution is 0.382. The molecule has 0 saturated carbocycles. The van der Waals surface area contributed by atoms with Crippen molar-refractivity contribution in [3.05, 3.63) is 35.6 Å². The van der Waals surface area contributed by atoms with Crippen LogP contribution in [0, 0.1) is 5.82 Å². The predicted molar refractivity (Wildman–Crippen MR) is 68.2 cm³/mol. The van der Waals surface area contributed by atoms with Crippen molar-refractivity contribution in [3.8, 4) is 0 Å². The first kappa shape index (κ1) is 13.2. The van der Waals surface area contributed by atoms with Crippen LogP contribution in [0.25, 0.3) is 0 Å². The van der Waals surface area contributed by atoms with Crippen LogP contribution in [0.4, 0.5) is 4.39 Å². The highest BCUT2D eigenvalue weighted by molar-refractivity contribution is 5.25. The second kappa shape index (κ2) is 6.03. The van der Waals surface area contributed by atoms with Crippen molar-refractivity contribution in [3.63, 3.8) is 0 Å². The molecule has 0 aliphatic rings. The van der Waals surface area contributed by atoms with Crippen LogP contribution >= 0.6 is 0 Å². The summed E-state index contributed by atoms with van der Waals surface area (Å²) >= 11 is 0. The fraction of sp³-hybridized carbons (Fsp3) is 0.600. The van der Waals surface area contributed by atoms with Crippen molar-refractivity contribution in [1.82, 2.24) is 0 Å². The summed E-state index contributed by atoms with van der Waals surface area (Å²) in [7, 11) is 0. The zero-order chi connectivity index (χ0) is 12.0. The third-order valence-corrected chi connectivity index (χ3v) is 3.43. The van der Waals surface area contributed by atoms with E-state index in [-0.39, 0.29) is 11.2 Å². The monoisotopic (exact) mass is 222 g/mol. The van der Waals surface area contributed by atoms with Crippen LogP contribution in [0.2, 0.25) is 0 Å². The van der Waals surface area contributed by atoms with Gasteiger partial charge in [0.1, 0.15) is 5.82 Å². The molecule has 0 aliphatic carbocycles. The topological polar surface area (TPSA) is 0 Å². The molecule has 1 atom stereocenters. The Hall–Kier alpha value is -0.850. The van der Waals surface area contributed by atoms with Crippen LogP contribution in [-0.2, 0) is 5.41 Å². The van der Waals surface area contributed by atoms with Crippen LogP contribution in [-0.4, -0.2) is 0 Å². The Morgan fingerprint density at radius 2 is 1.62 bits per heavy atom. The van der Waals surface area contributed by atoms with Crippen LogP contribution in [0.15, 0.2) is 24.3 Å². The first-order valence-electron chi connectivity index (χ1n) is 6.38. The molecule has 16 heavy (non-hydrogen) atoms. The lowest BCUT2D eigenvalue weighted by atomic mass is 9.75. The predicted octanol–water partition coefficient (Wildman–Crippen LogP) is 5.07. The summed E-state index contributed by atoms with van der Waals surface area (Å²) in [5.41, 5.74) is 1.50. The summed E-state index contributed by atoms with van der Waals surface area (Å²) in [6.07, 6.45) is 6.02. The normalized spacial score (nSPS) is 14.8. The van der Waals surface area contributed by atoms with Gasteiger partial charge < -0.3 is 0 Å². The van der Waals surface area contributed by atoms with Crippen molar-refractivity contribution in [1.29, 1.82) is 0 Å². The molecule has 0 nitrogen and oxygen atoms in total. The summed E-state index contributed by atoms with van der Waals surface area (Å²) in [6.45, 7) is 6.74. The Bertz CT molecular complexity index is 302. The third kappa shape index (κ3) is 3.33. The highest BCUT2D eigenvalue weighted by Gasteiger charge is 2.24. The molecular weight excluding hydrogens is 199 g/mol. The van der Waals surface area contributed by atoms with Crippen molar-refractivity contribution in [2.75, 3.05) is 0 Å². The summed E-state index contributed by atoms with van der Waals surface area (Å²) in [6, 6.07) is 7.05. The molecule has 0 spiro atoms. The molecule has 0 fully saturated rings. The Labute approximate surface area is 98.9 Å². The Morgan fingerprint density at radius 1 is 1.00 bits per heavy atom. The van der Waals surface area contributed by atoms with Gasteiger partial charge in [-0.25, -0.2) is 4.39 Å². The summed E-state index contributed by atoms with van der Waals surface area (Å²) in [4.78, 5) is 0. The quantitative estimate of drug-likeness (QED) is 0.630. The standard InChI is InChI=1S/C15H23F/c1-4-6-12-15(3,11-5-2)13-7-9-14(16)10-8-13/h7-10H,4-6,11-12H2,1-3H3. The second-order valence-electron chi connectivity index (χ2n) is 4.92. The van der Waals surface area contributed by atoms with E-state index in [1.165, 1.54) is 37.7 Å². The van der Waals surface area contributed by atoms with Gasteiger partial charge >= 0.3 is 0 Å². The first-order chi connectivity index (χ1) is 7.62. The maximum absolute atomic E-state index is 12.9. The molecule has 1 unspecified atom stereocenters. The van der Waals surface area contributed by atoms with Gasteiger partial charge in [0.05, 0.1) is 0 Å². The lowest BCUT2D eigenvalue weighted by Gasteiger charge is -2.30. The molecular formula is C15H23F. The van der Waals surface area contributed by atoms with Crippen LogP contribution in [0.3, 0.4) is 0 Å². The molecule has 0 radical (unpaired) electrons. The van der Waals surface area contributed by atoms with E-state index in [0.717, 1.165) is 0 Å². The van der Waals surface area contributed by atoms with Crippen LogP contribution in [0.1, 0.15) is 58.4 Å². The van der Waals surface area contributed by atoms with E-state index in [2.05, 4.69) is 20.8 Å². The van der Waals surface area contributed by atoms with Gasteiger partial charge in [0.25, 0.3) is 0 Å². The molecule has 1 aromatic carbocycles. The average molecular weight is 222 g/mol. The summed E-state index contributed by atoms with van der Waals surface area (Å²) < 4.78 is 12.9. The van der Waals surface area contributed by atoms with Gasteiger partial charge in [-0.2, -0.15) is 0 Å². The fourth-order valence-electron chi connectivity index (χ4n) is 2.38. The molecule has 1 heteroatoms. The van der Waals surface area contributed by atoms with E-state index < -0.39 is 0 Å². The summed E-state index contributed by atoms with van der Waals surface area (Å²) in [5, 5.41) is 0. The van der Waals surface area contributed by atoms with Gasteiger partial charge in [0, 0.05) is 0 Å². The number of halogens is 1. The van der Waals surface area contributed by atoms with Crippen LogP contribution in [0.5, 0.6) is 0 Å². The van der Waals surface area contributed by atoms with Crippen molar-refractivity contribution < 1.29 is 4.39 Å². The van der Waals surface area contributed by atoms with E-state index >= 15 is 0 Å². The fourth-order valence-corrected chi connectivity index (χ4v) is 2.38. The van der Waals surface area contributed by atoms with E-state index in [1.54, 1.807) is 12.1 Å². The molecule has 0 bridgehead atoms. The van der Waals surface area contributed by atoms with E-state index in [9.17, 15) is 4.39 Å². The summed E-state index contributed by atoms with van der Waals surface area (Å²) in [5.74, 6) is -0.141. The lowest BCUT2D eigenvalue weighted by Crippen LogP contribution is -2.21. The molecule has 1 rings (SSSR count). The molecule has 0 aliphatic heterocycles. The third-order valence-electron chi connectivity index (χ3n) is 3.43. The molecule has 0 aromatic heterocycles. The Morgan fingerprint density at radius 3 is 2.12 bits per heavy atom. The number of rotatable bonds is 6. The highest BCUT2D eigenvalue weighted by atomic mass is 19.1. The van der Waals surface area contributed by atoms with Gasteiger partial charge in [0.15, 0.2) is 0 Å². The van der Waals surface area contributed by atoms with Gasteiger partial charge in [-0.1, -0.05) is 52.2 Å². The number of unbranched alkanes of at least 4 members (excludes halogenated alkanes) is 1. The zero-order valence-electron chi connectivity index (χ0n) is 10.7. The van der Waals surface area contributed by atoms with Crippen molar-refractivity contribution in [2.45, 2.75) is 58.3 Å². The van der Waals surface area contributed by atoms with Crippen molar-refractivity contribution >= 4 is 0 Å². The van der Waals surface area contributed by atoms with E-state index in [1.807, 2.05) is 12.1 Å². The molecule has 0 N–H and O–H groups in total. The number of hydrogen-bond donors (Lipinski definition) is 0. The highest BCUT2D eigenvalue weighted by Crippen LogP contribution is 2.34. The minimum absolute atomic E-state index is 0.141. The minimum Gasteiger partial charge on any atom is -0.207 e. The van der Waals surface area contributed by atoms with Gasteiger partial charge in [0.2, 0.25) is 0 Å². The second-order valence-corrected chi connectivity index (χ2v) is 4.92. The minimum atomic E-state index is -0.141. The van der Waals surface area contributed by atoms with Gasteiger partial charge in [-0.05, 0) is 36.0 Å². The molecule has 0 heterocycles. The Kier molecular flexibility index (Phi) is 4.98. The van der Waals surface area contributed by atoms with E-state index in [4.69, 9.17) is 0 Å². The van der Waals surface area contributed by atoms with Crippen LogP contribution < -0.4 is 0 Å².